The van der Waals surface area contributed by atoms with Gasteiger partial charge in [-0.25, -0.2) is 9.37 Å². The second-order valence-corrected chi connectivity index (χ2v) is 3.82. The monoisotopic (exact) mass is 262 g/mol. The lowest BCUT2D eigenvalue weighted by atomic mass is 10.2. The molecule has 1 aromatic carbocycles. The summed E-state index contributed by atoms with van der Waals surface area (Å²) in [7, 11) is 0. The summed E-state index contributed by atoms with van der Waals surface area (Å²) >= 11 is 5.87. The molecule has 0 aliphatic heterocycles. The van der Waals surface area contributed by atoms with Gasteiger partial charge in [0.2, 0.25) is 0 Å². The molecule has 5 heteroatoms. The van der Waals surface area contributed by atoms with Crippen LogP contribution >= 0.6 is 11.6 Å². The van der Waals surface area contributed by atoms with Crippen LogP contribution in [0.4, 0.5) is 4.39 Å². The van der Waals surface area contributed by atoms with Gasteiger partial charge >= 0.3 is 0 Å². The first-order chi connectivity index (χ1) is 8.72. The Morgan fingerprint density at radius 3 is 2.89 bits per heavy atom. The Morgan fingerprint density at radius 1 is 1.33 bits per heavy atom. The lowest BCUT2D eigenvalue weighted by Crippen LogP contribution is -2.00. The number of nitrogens with zero attached hydrogens (tertiary/aromatic N) is 2. The third-order valence-corrected chi connectivity index (χ3v) is 2.65. The minimum atomic E-state index is -0.604. The summed E-state index contributed by atoms with van der Waals surface area (Å²) in [6.45, 7) is 0.130. The predicted octanol–water partition coefficient (Wildman–Crippen LogP) is 3.32. The fraction of sp³-hybridized carbons (Fsp3) is 0.0769. The van der Waals surface area contributed by atoms with E-state index in [1.807, 2.05) is 0 Å². The number of hydrogen-bond acceptors (Lipinski definition) is 3. The van der Waals surface area contributed by atoms with E-state index in [0.29, 0.717) is 10.7 Å². The molecule has 2 aromatic rings. The van der Waals surface area contributed by atoms with Gasteiger partial charge in [0.15, 0.2) is 0 Å². The van der Waals surface area contributed by atoms with E-state index in [9.17, 15) is 4.39 Å². The standard InChI is InChI=1S/C13H8ClFN2O/c14-13-9(3-2-6-17-13)8-18-12-5-1-4-11(15)10(12)7-16/h1-6H,8H2. The smallest absolute Gasteiger partial charge is 0.144 e. The van der Waals surface area contributed by atoms with Crippen molar-refractivity contribution in [3.63, 3.8) is 0 Å². The molecular formula is C13H8ClFN2O. The minimum Gasteiger partial charge on any atom is -0.487 e. The molecule has 1 heterocycles. The third kappa shape index (κ3) is 2.58. The lowest BCUT2D eigenvalue weighted by molar-refractivity contribution is 0.303. The molecule has 0 radical (unpaired) electrons. The first-order valence-electron chi connectivity index (χ1n) is 5.13. The molecule has 0 amide bonds. The van der Waals surface area contributed by atoms with Crippen molar-refractivity contribution in [2.45, 2.75) is 6.61 Å². The molecule has 0 N–H and O–H groups in total. The highest BCUT2D eigenvalue weighted by molar-refractivity contribution is 6.30. The first kappa shape index (κ1) is 12.3. The molecule has 0 saturated carbocycles. The molecule has 3 nitrogen and oxygen atoms in total. The van der Waals surface area contributed by atoms with E-state index >= 15 is 0 Å². The molecule has 0 unspecified atom stereocenters. The highest BCUT2D eigenvalue weighted by Crippen LogP contribution is 2.22. The van der Waals surface area contributed by atoms with E-state index in [0.717, 1.165) is 0 Å². The van der Waals surface area contributed by atoms with E-state index in [-0.39, 0.29) is 17.9 Å². The maximum Gasteiger partial charge on any atom is 0.144 e. The number of aromatic nitrogens is 1. The SMILES string of the molecule is N#Cc1c(F)cccc1OCc1cccnc1Cl. The molecule has 90 valence electrons. The second-order valence-electron chi connectivity index (χ2n) is 3.47. The quantitative estimate of drug-likeness (QED) is 0.797. The summed E-state index contributed by atoms with van der Waals surface area (Å²) in [5, 5.41) is 9.17. The van der Waals surface area contributed by atoms with E-state index in [4.69, 9.17) is 21.6 Å². The molecule has 0 spiro atoms. The Bertz CT molecular complexity index is 610. The number of rotatable bonds is 3. The van der Waals surface area contributed by atoms with Gasteiger partial charge in [0.25, 0.3) is 0 Å². The van der Waals surface area contributed by atoms with E-state index in [1.165, 1.54) is 18.2 Å². The average Bonchev–Trinajstić information content (AvgIpc) is 2.38. The normalized spacial score (nSPS) is 9.83. The minimum absolute atomic E-state index is 0.113. The zero-order valence-corrected chi connectivity index (χ0v) is 9.99. The van der Waals surface area contributed by atoms with Gasteiger partial charge in [-0.05, 0) is 18.2 Å². The van der Waals surface area contributed by atoms with E-state index in [2.05, 4.69) is 4.98 Å². The van der Waals surface area contributed by atoms with Gasteiger partial charge in [-0.15, -0.1) is 0 Å². The number of nitriles is 1. The van der Waals surface area contributed by atoms with Gasteiger partial charge in [-0.1, -0.05) is 23.7 Å². The van der Waals surface area contributed by atoms with Crippen molar-refractivity contribution in [3.05, 3.63) is 58.6 Å². The maximum atomic E-state index is 13.3. The van der Waals surface area contributed by atoms with Crippen LogP contribution < -0.4 is 4.74 Å². The van der Waals surface area contributed by atoms with Crippen LogP contribution in [-0.4, -0.2) is 4.98 Å². The summed E-state index contributed by atoms with van der Waals surface area (Å²) in [5.74, 6) is -0.412. The fourth-order valence-corrected chi connectivity index (χ4v) is 1.59. The molecule has 18 heavy (non-hydrogen) atoms. The van der Waals surface area contributed by atoms with Gasteiger partial charge in [-0.2, -0.15) is 5.26 Å². The van der Waals surface area contributed by atoms with Crippen LogP contribution in [0.2, 0.25) is 5.15 Å². The number of hydrogen-bond donors (Lipinski definition) is 0. The summed E-state index contributed by atoms with van der Waals surface area (Å²) in [4.78, 5) is 3.90. The van der Waals surface area contributed by atoms with Crippen molar-refractivity contribution in [1.29, 1.82) is 5.26 Å². The van der Waals surface area contributed by atoms with Crippen molar-refractivity contribution in [2.75, 3.05) is 0 Å². The van der Waals surface area contributed by atoms with Gasteiger partial charge in [-0.3, -0.25) is 0 Å². The highest BCUT2D eigenvalue weighted by atomic mass is 35.5. The first-order valence-corrected chi connectivity index (χ1v) is 5.51. The Morgan fingerprint density at radius 2 is 2.17 bits per heavy atom. The maximum absolute atomic E-state index is 13.3. The van der Waals surface area contributed by atoms with Crippen LogP contribution in [0.15, 0.2) is 36.5 Å². The molecule has 0 aliphatic carbocycles. The predicted molar refractivity (Wildman–Crippen MR) is 64.7 cm³/mol. The molecule has 0 atom stereocenters. The third-order valence-electron chi connectivity index (χ3n) is 2.31. The van der Waals surface area contributed by atoms with Gasteiger partial charge in [0.05, 0.1) is 0 Å². The average molecular weight is 263 g/mol. The Kier molecular flexibility index (Phi) is 3.75. The number of benzene rings is 1. The van der Waals surface area contributed by atoms with Crippen LogP contribution in [0.1, 0.15) is 11.1 Å². The number of pyridine rings is 1. The summed E-state index contributed by atoms with van der Waals surface area (Å²) in [6, 6.07) is 9.47. The van der Waals surface area contributed by atoms with E-state index < -0.39 is 5.82 Å². The Labute approximate surface area is 108 Å². The molecule has 0 bridgehead atoms. The van der Waals surface area contributed by atoms with Gasteiger partial charge < -0.3 is 4.74 Å². The van der Waals surface area contributed by atoms with Gasteiger partial charge in [0.1, 0.15) is 35.0 Å². The molecule has 0 saturated heterocycles. The van der Waals surface area contributed by atoms with Gasteiger partial charge in [0, 0.05) is 11.8 Å². The topological polar surface area (TPSA) is 45.9 Å². The fourth-order valence-electron chi connectivity index (χ4n) is 1.42. The zero-order chi connectivity index (χ0) is 13.0. The number of ether oxygens (including phenoxy) is 1. The lowest BCUT2D eigenvalue weighted by Gasteiger charge is -2.08. The zero-order valence-electron chi connectivity index (χ0n) is 9.23. The van der Waals surface area contributed by atoms with Crippen LogP contribution in [0.25, 0.3) is 0 Å². The van der Waals surface area contributed by atoms with Crippen molar-refractivity contribution >= 4 is 11.6 Å². The molecule has 0 fully saturated rings. The van der Waals surface area contributed by atoms with Crippen LogP contribution in [0.5, 0.6) is 5.75 Å². The Balaban J connectivity index is 2.19. The second kappa shape index (κ2) is 5.48. The van der Waals surface area contributed by atoms with E-state index in [1.54, 1.807) is 24.4 Å². The summed E-state index contributed by atoms with van der Waals surface area (Å²) in [6.07, 6.45) is 1.56. The summed E-state index contributed by atoms with van der Waals surface area (Å²) in [5.41, 5.74) is 0.560. The van der Waals surface area contributed by atoms with Crippen molar-refractivity contribution in [1.82, 2.24) is 4.98 Å². The highest BCUT2D eigenvalue weighted by Gasteiger charge is 2.09. The molecule has 2 rings (SSSR count). The number of halogens is 2. The van der Waals surface area contributed by atoms with Crippen LogP contribution in [-0.2, 0) is 6.61 Å². The van der Waals surface area contributed by atoms with Crippen molar-refractivity contribution in [3.8, 4) is 11.8 Å². The molecule has 1 aromatic heterocycles. The van der Waals surface area contributed by atoms with Crippen LogP contribution in [0, 0.1) is 17.1 Å². The molecular weight excluding hydrogens is 255 g/mol. The molecule has 0 aliphatic rings. The van der Waals surface area contributed by atoms with Crippen LogP contribution in [0.3, 0.4) is 0 Å². The summed E-state index contributed by atoms with van der Waals surface area (Å²) < 4.78 is 18.7. The Hall–Kier alpha value is -2.12. The van der Waals surface area contributed by atoms with Crippen molar-refractivity contribution < 1.29 is 9.13 Å². The largest absolute Gasteiger partial charge is 0.487 e. The van der Waals surface area contributed by atoms with Crippen molar-refractivity contribution in [2.24, 2.45) is 0 Å².